The first-order valence-electron chi connectivity index (χ1n) is 4.90. The van der Waals surface area contributed by atoms with E-state index in [9.17, 15) is 0 Å². The molecule has 0 bridgehead atoms. The van der Waals surface area contributed by atoms with Gasteiger partial charge in [-0.15, -0.1) is 0 Å². The van der Waals surface area contributed by atoms with Crippen LogP contribution in [-0.4, -0.2) is 8.07 Å². The molecule has 0 fully saturated rings. The number of allylic oxidation sites excluding steroid dienone is 6. The van der Waals surface area contributed by atoms with Crippen LogP contribution in [0.2, 0.25) is 19.6 Å². The Morgan fingerprint density at radius 2 is 1.69 bits per heavy atom. The average molecular weight is 192 g/mol. The van der Waals surface area contributed by atoms with E-state index in [-0.39, 0.29) is 5.41 Å². The van der Waals surface area contributed by atoms with Crippen LogP contribution in [0.5, 0.6) is 0 Å². The maximum Gasteiger partial charge on any atom is 0.0775 e. The lowest BCUT2D eigenvalue weighted by atomic mass is 9.93. The predicted octanol–water partition coefficient (Wildman–Crippen LogP) is 3.94. The molecule has 0 aliphatic heterocycles. The second kappa shape index (κ2) is 3.30. The molecule has 13 heavy (non-hydrogen) atoms. The standard InChI is InChI=1S/C12H20Si/c1-12(2)9-6-7-11(8-10-12)13(3,4)5/h6-10H,1-5H3. The fraction of sp³-hybridized carbons (Fsp3) is 0.500. The molecule has 0 aromatic carbocycles. The molecule has 1 aliphatic rings. The summed E-state index contributed by atoms with van der Waals surface area (Å²) >= 11 is 0. The van der Waals surface area contributed by atoms with Crippen molar-refractivity contribution >= 4 is 8.07 Å². The minimum Gasteiger partial charge on any atom is -0.0752 e. The van der Waals surface area contributed by atoms with Crippen LogP contribution in [0.3, 0.4) is 0 Å². The Bertz CT molecular complexity index is 272. The van der Waals surface area contributed by atoms with Gasteiger partial charge in [0.25, 0.3) is 0 Å². The largest absolute Gasteiger partial charge is 0.0775 e. The lowest BCUT2D eigenvalue weighted by Gasteiger charge is -2.18. The minimum absolute atomic E-state index is 0.220. The molecule has 0 saturated carbocycles. The maximum absolute atomic E-state index is 2.38. The summed E-state index contributed by atoms with van der Waals surface area (Å²) in [6, 6.07) is 0. The van der Waals surface area contributed by atoms with E-state index in [1.54, 1.807) is 0 Å². The summed E-state index contributed by atoms with van der Waals surface area (Å²) in [5.74, 6) is 0. The van der Waals surface area contributed by atoms with Gasteiger partial charge in [0.2, 0.25) is 0 Å². The van der Waals surface area contributed by atoms with Crippen molar-refractivity contribution in [1.82, 2.24) is 0 Å². The molecule has 0 radical (unpaired) electrons. The van der Waals surface area contributed by atoms with Crippen molar-refractivity contribution in [2.75, 3.05) is 0 Å². The summed E-state index contributed by atoms with van der Waals surface area (Å²) in [5.41, 5.74) is 0.220. The maximum atomic E-state index is 2.38. The summed E-state index contributed by atoms with van der Waals surface area (Å²) in [5, 5.41) is 1.54. The van der Waals surface area contributed by atoms with E-state index in [2.05, 4.69) is 63.9 Å². The first kappa shape index (κ1) is 10.5. The highest BCUT2D eigenvalue weighted by atomic mass is 28.3. The van der Waals surface area contributed by atoms with Crippen molar-refractivity contribution in [3.63, 3.8) is 0 Å². The van der Waals surface area contributed by atoms with Gasteiger partial charge >= 0.3 is 0 Å². The molecule has 0 aromatic rings. The van der Waals surface area contributed by atoms with Crippen LogP contribution in [0.25, 0.3) is 0 Å². The zero-order valence-electron chi connectivity index (χ0n) is 9.39. The number of hydrogen-bond acceptors (Lipinski definition) is 0. The Labute approximate surface area is 83.1 Å². The van der Waals surface area contributed by atoms with Crippen molar-refractivity contribution < 1.29 is 0 Å². The smallest absolute Gasteiger partial charge is 0.0752 e. The predicted molar refractivity (Wildman–Crippen MR) is 63.5 cm³/mol. The van der Waals surface area contributed by atoms with Crippen molar-refractivity contribution in [2.24, 2.45) is 5.41 Å². The molecule has 0 aromatic heterocycles. The normalized spacial score (nSPS) is 21.2. The molecule has 1 heteroatoms. The van der Waals surface area contributed by atoms with Crippen LogP contribution in [0.1, 0.15) is 13.8 Å². The molecule has 0 spiro atoms. The van der Waals surface area contributed by atoms with Gasteiger partial charge in [-0.25, -0.2) is 0 Å². The molecular weight excluding hydrogens is 172 g/mol. The highest BCUT2D eigenvalue weighted by Gasteiger charge is 2.19. The zero-order valence-corrected chi connectivity index (χ0v) is 10.4. The molecule has 0 unspecified atom stereocenters. The first-order valence-corrected chi connectivity index (χ1v) is 8.40. The molecule has 0 atom stereocenters. The van der Waals surface area contributed by atoms with Crippen molar-refractivity contribution in [3.8, 4) is 0 Å². The number of hydrogen-bond donors (Lipinski definition) is 0. The summed E-state index contributed by atoms with van der Waals surface area (Å²) in [4.78, 5) is 0. The highest BCUT2D eigenvalue weighted by Crippen LogP contribution is 2.26. The third-order valence-electron chi connectivity index (χ3n) is 2.36. The van der Waals surface area contributed by atoms with Gasteiger partial charge in [-0.05, 0) is 0 Å². The lowest BCUT2D eigenvalue weighted by molar-refractivity contribution is 0.627. The Kier molecular flexibility index (Phi) is 2.67. The Balaban J connectivity index is 2.96. The molecular formula is C12H20Si. The van der Waals surface area contributed by atoms with Gasteiger partial charge in [0.1, 0.15) is 0 Å². The Morgan fingerprint density at radius 1 is 1.08 bits per heavy atom. The van der Waals surface area contributed by atoms with Gasteiger partial charge in [0.15, 0.2) is 0 Å². The van der Waals surface area contributed by atoms with Crippen LogP contribution in [0, 0.1) is 5.41 Å². The van der Waals surface area contributed by atoms with Crippen LogP contribution in [-0.2, 0) is 0 Å². The quantitative estimate of drug-likeness (QED) is 0.552. The highest BCUT2D eigenvalue weighted by molar-refractivity contribution is 6.83. The van der Waals surface area contributed by atoms with E-state index in [4.69, 9.17) is 0 Å². The second-order valence-corrected chi connectivity index (χ2v) is 10.5. The Hall–Kier alpha value is -0.563. The molecule has 0 heterocycles. The molecule has 0 amide bonds. The van der Waals surface area contributed by atoms with Gasteiger partial charge in [-0.3, -0.25) is 0 Å². The fourth-order valence-corrected chi connectivity index (χ4v) is 2.50. The van der Waals surface area contributed by atoms with Gasteiger partial charge in [-0.1, -0.05) is 69.1 Å². The average Bonchev–Trinajstić information content (AvgIpc) is 2.08. The molecule has 1 aliphatic carbocycles. The number of rotatable bonds is 1. The monoisotopic (exact) mass is 192 g/mol. The van der Waals surface area contributed by atoms with E-state index in [1.165, 1.54) is 5.20 Å². The lowest BCUT2D eigenvalue weighted by Crippen LogP contribution is -2.22. The van der Waals surface area contributed by atoms with Gasteiger partial charge in [0.05, 0.1) is 8.07 Å². The van der Waals surface area contributed by atoms with Gasteiger partial charge in [0, 0.05) is 5.41 Å². The molecule has 1 rings (SSSR count). The molecule has 72 valence electrons. The van der Waals surface area contributed by atoms with Gasteiger partial charge < -0.3 is 0 Å². The second-order valence-electron chi connectivity index (χ2n) is 5.39. The van der Waals surface area contributed by atoms with E-state index >= 15 is 0 Å². The minimum atomic E-state index is -1.13. The molecule has 0 N–H and O–H groups in total. The van der Waals surface area contributed by atoms with Crippen LogP contribution >= 0.6 is 0 Å². The van der Waals surface area contributed by atoms with Crippen LogP contribution in [0.15, 0.2) is 35.6 Å². The fourth-order valence-electron chi connectivity index (χ4n) is 1.32. The summed E-state index contributed by atoms with van der Waals surface area (Å²) in [6.07, 6.45) is 11.4. The van der Waals surface area contributed by atoms with E-state index < -0.39 is 8.07 Å². The van der Waals surface area contributed by atoms with Crippen LogP contribution < -0.4 is 0 Å². The summed E-state index contributed by atoms with van der Waals surface area (Å²) < 4.78 is 0. The van der Waals surface area contributed by atoms with E-state index in [0.717, 1.165) is 0 Å². The van der Waals surface area contributed by atoms with Crippen molar-refractivity contribution in [2.45, 2.75) is 33.5 Å². The van der Waals surface area contributed by atoms with Gasteiger partial charge in [-0.2, -0.15) is 0 Å². The topological polar surface area (TPSA) is 0 Å². The zero-order chi connectivity index (χ0) is 10.1. The SMILES string of the molecule is CC1(C)C=CC=C([Si](C)(C)C)C=C1. The van der Waals surface area contributed by atoms with E-state index in [1.807, 2.05) is 0 Å². The van der Waals surface area contributed by atoms with Crippen molar-refractivity contribution in [3.05, 3.63) is 35.6 Å². The third kappa shape index (κ3) is 3.00. The first-order chi connectivity index (χ1) is 5.81. The molecule has 0 saturated heterocycles. The van der Waals surface area contributed by atoms with E-state index in [0.29, 0.717) is 0 Å². The summed E-state index contributed by atoms with van der Waals surface area (Å²) in [6.45, 7) is 11.6. The van der Waals surface area contributed by atoms with Crippen molar-refractivity contribution in [1.29, 1.82) is 0 Å². The van der Waals surface area contributed by atoms with Crippen LogP contribution in [0.4, 0.5) is 0 Å². The third-order valence-corrected chi connectivity index (χ3v) is 4.43. The Morgan fingerprint density at radius 3 is 2.23 bits per heavy atom. The summed E-state index contributed by atoms with van der Waals surface area (Å²) in [7, 11) is -1.13. The molecule has 0 nitrogen and oxygen atoms in total.